The SMILES string of the molecule is O.O=C(O)[C@H](c1ccccc1Cl)N1CCc2sccc2C1.O=S(=O)(O)c1cccc2ccccc12. The zero-order valence-corrected chi connectivity index (χ0v) is 20.9. The Morgan fingerprint density at radius 2 is 1.69 bits per heavy atom. The molecule has 1 aliphatic rings. The van der Waals surface area contributed by atoms with Crippen LogP contribution in [0, 0.1) is 0 Å². The summed E-state index contributed by atoms with van der Waals surface area (Å²) >= 11 is 7.92. The first-order chi connectivity index (χ1) is 16.3. The number of hydrogen-bond donors (Lipinski definition) is 2. The number of carboxylic acids is 1. The second-order valence-corrected chi connectivity index (χ2v) is 10.6. The van der Waals surface area contributed by atoms with Crippen LogP contribution in [-0.4, -0.2) is 41.0 Å². The summed E-state index contributed by atoms with van der Waals surface area (Å²) < 4.78 is 31.0. The van der Waals surface area contributed by atoms with Gasteiger partial charge in [-0.2, -0.15) is 8.42 Å². The minimum atomic E-state index is -4.13. The smallest absolute Gasteiger partial charge is 0.325 e. The Labute approximate surface area is 212 Å². The molecule has 0 aliphatic carbocycles. The van der Waals surface area contributed by atoms with E-state index in [1.165, 1.54) is 16.5 Å². The van der Waals surface area contributed by atoms with Gasteiger partial charge in [-0.1, -0.05) is 66.2 Å². The van der Waals surface area contributed by atoms with Crippen LogP contribution in [-0.2, 0) is 27.9 Å². The third-order valence-electron chi connectivity index (χ3n) is 5.66. The Bertz CT molecular complexity index is 1430. The van der Waals surface area contributed by atoms with E-state index in [-0.39, 0.29) is 10.4 Å². The summed E-state index contributed by atoms with van der Waals surface area (Å²) in [6.07, 6.45) is 0.904. The van der Waals surface area contributed by atoms with Crippen molar-refractivity contribution in [2.24, 2.45) is 0 Å². The predicted octanol–water partition coefficient (Wildman–Crippen LogP) is 4.85. The normalized spacial score (nSPS) is 14.2. The van der Waals surface area contributed by atoms with Gasteiger partial charge in [-0.15, -0.1) is 11.3 Å². The second kappa shape index (κ2) is 11.3. The van der Waals surface area contributed by atoms with E-state index in [4.69, 9.17) is 16.2 Å². The number of carbonyl (C=O) groups is 1. The molecule has 5 rings (SSSR count). The fraction of sp³-hybridized carbons (Fsp3) is 0.160. The van der Waals surface area contributed by atoms with Gasteiger partial charge in [-0.05, 0) is 46.5 Å². The van der Waals surface area contributed by atoms with Crippen LogP contribution in [0.5, 0.6) is 0 Å². The highest BCUT2D eigenvalue weighted by molar-refractivity contribution is 7.86. The average molecular weight is 534 g/mol. The fourth-order valence-corrected chi connectivity index (χ4v) is 5.94. The molecular weight excluding hydrogens is 510 g/mol. The molecule has 4 N–H and O–H groups in total. The van der Waals surface area contributed by atoms with Gasteiger partial charge in [0.25, 0.3) is 10.1 Å². The van der Waals surface area contributed by atoms with Crippen molar-refractivity contribution in [3.05, 3.63) is 99.2 Å². The molecule has 184 valence electrons. The van der Waals surface area contributed by atoms with Crippen LogP contribution < -0.4 is 0 Å². The molecule has 0 saturated carbocycles. The van der Waals surface area contributed by atoms with Gasteiger partial charge in [0.2, 0.25) is 0 Å². The number of hydrogen-bond acceptors (Lipinski definition) is 5. The van der Waals surface area contributed by atoms with Gasteiger partial charge in [0.05, 0.1) is 0 Å². The number of benzene rings is 3. The van der Waals surface area contributed by atoms with Crippen molar-refractivity contribution < 1.29 is 28.3 Å². The summed E-state index contributed by atoms with van der Waals surface area (Å²) in [4.78, 5) is 15.0. The van der Waals surface area contributed by atoms with Crippen molar-refractivity contribution in [2.45, 2.75) is 23.9 Å². The molecular formula is C25H24ClNO6S2. The fourth-order valence-electron chi connectivity index (χ4n) is 4.09. The van der Waals surface area contributed by atoms with E-state index >= 15 is 0 Å². The zero-order chi connectivity index (χ0) is 24.3. The molecule has 10 heteroatoms. The maximum absolute atomic E-state index is 11.7. The summed E-state index contributed by atoms with van der Waals surface area (Å²) in [5.41, 5.74) is 1.90. The molecule has 3 aromatic carbocycles. The quantitative estimate of drug-likeness (QED) is 0.361. The van der Waals surface area contributed by atoms with E-state index in [2.05, 4.69) is 11.4 Å². The predicted molar refractivity (Wildman–Crippen MR) is 138 cm³/mol. The summed E-state index contributed by atoms with van der Waals surface area (Å²) in [5.74, 6) is -0.850. The van der Waals surface area contributed by atoms with Crippen molar-refractivity contribution in [1.29, 1.82) is 0 Å². The van der Waals surface area contributed by atoms with Crippen LogP contribution >= 0.6 is 22.9 Å². The van der Waals surface area contributed by atoms with E-state index in [0.717, 1.165) is 18.4 Å². The van der Waals surface area contributed by atoms with Crippen LogP contribution in [0.2, 0.25) is 5.02 Å². The molecule has 0 bridgehead atoms. The number of fused-ring (bicyclic) bond motifs is 2. The van der Waals surface area contributed by atoms with Crippen molar-refractivity contribution in [1.82, 2.24) is 4.90 Å². The molecule has 0 spiro atoms. The first-order valence-electron chi connectivity index (χ1n) is 10.5. The first kappa shape index (κ1) is 26.8. The van der Waals surface area contributed by atoms with Gasteiger partial charge in [0.1, 0.15) is 10.9 Å². The Morgan fingerprint density at radius 3 is 2.40 bits per heavy atom. The molecule has 1 atom stereocenters. The maximum atomic E-state index is 11.7. The third-order valence-corrected chi connectivity index (χ3v) is 7.94. The Morgan fingerprint density at radius 1 is 1.00 bits per heavy atom. The zero-order valence-electron chi connectivity index (χ0n) is 18.5. The minimum Gasteiger partial charge on any atom is -0.480 e. The largest absolute Gasteiger partial charge is 0.480 e. The standard InChI is InChI=1S/C15H14ClNO2S.C10H8O3S.H2O/c16-12-4-2-1-3-11(12)14(15(18)19)17-7-5-13-10(9-17)6-8-20-13;11-14(12,13)10-7-3-5-8-4-1-2-6-9(8)10;/h1-4,6,8,14H,5,7,9H2,(H,18,19);1-7H,(H,11,12,13);1H2/t14-;;/m0../s1. The van der Waals surface area contributed by atoms with Gasteiger partial charge in [0, 0.05) is 28.4 Å². The average Bonchev–Trinajstić information content (AvgIpc) is 3.28. The van der Waals surface area contributed by atoms with Gasteiger partial charge in [0.15, 0.2) is 0 Å². The van der Waals surface area contributed by atoms with Crippen molar-refractivity contribution >= 4 is 49.8 Å². The Balaban J connectivity index is 0.000000202. The van der Waals surface area contributed by atoms with Crippen LogP contribution in [0.15, 0.2) is 83.1 Å². The first-order valence-corrected chi connectivity index (χ1v) is 13.2. The van der Waals surface area contributed by atoms with Crippen molar-refractivity contribution in [2.75, 3.05) is 6.54 Å². The molecule has 0 saturated heterocycles. The van der Waals surface area contributed by atoms with Crippen LogP contribution in [0.1, 0.15) is 22.0 Å². The van der Waals surface area contributed by atoms with E-state index in [9.17, 15) is 18.3 Å². The lowest BCUT2D eigenvalue weighted by molar-refractivity contribution is -0.144. The Kier molecular flexibility index (Phi) is 8.65. The van der Waals surface area contributed by atoms with Crippen LogP contribution in [0.3, 0.4) is 0 Å². The highest BCUT2D eigenvalue weighted by Crippen LogP contribution is 2.33. The number of aliphatic carboxylic acids is 1. The summed E-state index contributed by atoms with van der Waals surface area (Å²) in [7, 11) is -4.13. The number of halogens is 1. The molecule has 4 aromatic rings. The van der Waals surface area contributed by atoms with Gasteiger partial charge < -0.3 is 10.6 Å². The number of nitrogens with zero attached hydrogens (tertiary/aromatic N) is 1. The van der Waals surface area contributed by atoms with E-state index < -0.39 is 22.1 Å². The minimum absolute atomic E-state index is 0. The van der Waals surface area contributed by atoms with E-state index in [1.54, 1.807) is 53.8 Å². The van der Waals surface area contributed by atoms with Gasteiger partial charge in [-0.25, -0.2) is 0 Å². The lowest BCUT2D eigenvalue weighted by Crippen LogP contribution is -2.37. The van der Waals surface area contributed by atoms with E-state index in [0.29, 0.717) is 22.5 Å². The molecule has 0 unspecified atom stereocenters. The molecule has 0 radical (unpaired) electrons. The number of rotatable bonds is 4. The van der Waals surface area contributed by atoms with Crippen LogP contribution in [0.25, 0.3) is 10.8 Å². The van der Waals surface area contributed by atoms with Crippen molar-refractivity contribution in [3.8, 4) is 0 Å². The molecule has 1 aliphatic heterocycles. The maximum Gasteiger partial charge on any atom is 0.325 e. The van der Waals surface area contributed by atoms with Gasteiger partial charge >= 0.3 is 5.97 Å². The lowest BCUT2D eigenvalue weighted by Gasteiger charge is -2.32. The second-order valence-electron chi connectivity index (χ2n) is 7.80. The highest BCUT2D eigenvalue weighted by Gasteiger charge is 2.31. The van der Waals surface area contributed by atoms with Gasteiger partial charge in [-0.3, -0.25) is 14.2 Å². The topological polar surface area (TPSA) is 126 Å². The molecule has 2 heterocycles. The summed E-state index contributed by atoms with van der Waals surface area (Å²) in [6, 6.07) is 20.4. The number of thiophene rings is 1. The van der Waals surface area contributed by atoms with Crippen molar-refractivity contribution in [3.63, 3.8) is 0 Å². The lowest BCUT2D eigenvalue weighted by atomic mass is 10.0. The number of carboxylic acid groups (broad SMARTS) is 1. The molecule has 7 nitrogen and oxygen atoms in total. The summed E-state index contributed by atoms with van der Waals surface area (Å²) in [5, 5.41) is 13.5. The molecule has 1 aromatic heterocycles. The van der Waals surface area contributed by atoms with E-state index in [1.807, 2.05) is 23.1 Å². The highest BCUT2D eigenvalue weighted by atomic mass is 35.5. The monoisotopic (exact) mass is 533 g/mol. The Hall–Kier alpha value is -2.79. The molecule has 35 heavy (non-hydrogen) atoms. The molecule has 0 fully saturated rings. The third kappa shape index (κ3) is 6.07. The summed E-state index contributed by atoms with van der Waals surface area (Å²) in [6.45, 7) is 1.41. The molecule has 0 amide bonds. The van der Waals surface area contributed by atoms with Crippen LogP contribution in [0.4, 0.5) is 0 Å².